The van der Waals surface area contributed by atoms with Gasteiger partial charge in [-0.15, -0.1) is 0 Å². The van der Waals surface area contributed by atoms with Crippen LogP contribution in [-0.2, 0) is 23.5 Å². The summed E-state index contributed by atoms with van der Waals surface area (Å²) in [5, 5.41) is 4.19. The molecule has 124 valence electrons. The lowest BCUT2D eigenvalue weighted by Crippen LogP contribution is -2.39. The van der Waals surface area contributed by atoms with Crippen molar-refractivity contribution in [2.45, 2.75) is 19.3 Å². The van der Waals surface area contributed by atoms with Crippen molar-refractivity contribution in [1.29, 1.82) is 0 Å². The maximum absolute atomic E-state index is 11.8. The number of rotatable bonds is 4. The van der Waals surface area contributed by atoms with Crippen LogP contribution in [-0.4, -0.2) is 51.8 Å². The molecule has 3 heterocycles. The van der Waals surface area contributed by atoms with Crippen LogP contribution in [0.15, 0.2) is 24.8 Å². The van der Waals surface area contributed by atoms with Gasteiger partial charge in [-0.25, -0.2) is 12.7 Å². The van der Waals surface area contributed by atoms with Gasteiger partial charge in [-0.2, -0.15) is 5.10 Å². The van der Waals surface area contributed by atoms with E-state index >= 15 is 0 Å². The zero-order valence-electron chi connectivity index (χ0n) is 13.4. The van der Waals surface area contributed by atoms with E-state index in [2.05, 4.69) is 15.1 Å². The van der Waals surface area contributed by atoms with Crippen LogP contribution in [0.25, 0.3) is 11.3 Å². The van der Waals surface area contributed by atoms with E-state index in [4.69, 9.17) is 0 Å². The van der Waals surface area contributed by atoms with E-state index in [9.17, 15) is 8.42 Å². The molecule has 2 aromatic rings. The molecule has 0 aromatic carbocycles. The van der Waals surface area contributed by atoms with Gasteiger partial charge in [0.25, 0.3) is 0 Å². The van der Waals surface area contributed by atoms with Gasteiger partial charge in [0, 0.05) is 44.3 Å². The highest BCUT2D eigenvalue weighted by molar-refractivity contribution is 7.88. The van der Waals surface area contributed by atoms with Crippen LogP contribution in [0.5, 0.6) is 0 Å². The van der Waals surface area contributed by atoms with E-state index in [0.29, 0.717) is 13.1 Å². The molecule has 1 aliphatic rings. The Morgan fingerprint density at radius 2 is 2.09 bits per heavy atom. The second-order valence-corrected chi connectivity index (χ2v) is 8.07. The first-order valence-electron chi connectivity index (χ1n) is 7.67. The van der Waals surface area contributed by atoms with Gasteiger partial charge in [0.1, 0.15) is 0 Å². The van der Waals surface area contributed by atoms with Crippen molar-refractivity contribution in [2.75, 3.05) is 19.3 Å². The maximum Gasteiger partial charge on any atom is 0.211 e. The molecule has 8 heteroatoms. The minimum Gasteiger partial charge on any atom is -0.275 e. The van der Waals surface area contributed by atoms with Gasteiger partial charge >= 0.3 is 0 Å². The fourth-order valence-corrected chi connectivity index (χ4v) is 4.01. The van der Waals surface area contributed by atoms with Crippen molar-refractivity contribution in [3.05, 3.63) is 30.5 Å². The number of sulfonamides is 1. The molecule has 3 rings (SSSR count). The Bertz CT molecular complexity index is 787. The number of aryl methyl sites for hydroxylation is 1. The van der Waals surface area contributed by atoms with Crippen LogP contribution in [0.4, 0.5) is 0 Å². The molecule has 0 radical (unpaired) electrons. The molecule has 0 bridgehead atoms. The lowest BCUT2D eigenvalue weighted by molar-refractivity contribution is 0.265. The van der Waals surface area contributed by atoms with Crippen LogP contribution >= 0.6 is 0 Å². The monoisotopic (exact) mass is 335 g/mol. The normalized spacial score (nSPS) is 19.8. The third-order valence-electron chi connectivity index (χ3n) is 4.19. The summed E-state index contributed by atoms with van der Waals surface area (Å²) in [5.74, 6) is 0.269. The molecule has 0 aliphatic carbocycles. The molecular formula is C15H21N5O2S. The molecule has 7 nitrogen and oxygen atoms in total. The second-order valence-electron chi connectivity index (χ2n) is 6.09. The molecule has 0 amide bonds. The first-order valence-corrected chi connectivity index (χ1v) is 9.52. The van der Waals surface area contributed by atoms with Crippen LogP contribution in [0.2, 0.25) is 0 Å². The van der Waals surface area contributed by atoms with E-state index < -0.39 is 10.0 Å². The Labute approximate surface area is 136 Å². The number of hydrogen-bond acceptors (Lipinski definition) is 5. The van der Waals surface area contributed by atoms with Gasteiger partial charge in [0.15, 0.2) is 0 Å². The van der Waals surface area contributed by atoms with Crippen LogP contribution in [0.1, 0.15) is 18.5 Å². The number of nitrogens with zero attached hydrogens (tertiary/aromatic N) is 5. The van der Waals surface area contributed by atoms with Gasteiger partial charge in [-0.3, -0.25) is 14.6 Å². The van der Waals surface area contributed by atoms with Gasteiger partial charge in [0.2, 0.25) is 10.0 Å². The highest BCUT2D eigenvalue weighted by Gasteiger charge is 2.27. The molecule has 1 saturated heterocycles. The summed E-state index contributed by atoms with van der Waals surface area (Å²) in [6, 6.07) is 0. The smallest absolute Gasteiger partial charge is 0.211 e. The van der Waals surface area contributed by atoms with Gasteiger partial charge < -0.3 is 0 Å². The Morgan fingerprint density at radius 3 is 2.78 bits per heavy atom. The molecule has 1 aliphatic heterocycles. The first kappa shape index (κ1) is 16.1. The summed E-state index contributed by atoms with van der Waals surface area (Å²) in [6.45, 7) is 1.17. The summed E-state index contributed by atoms with van der Waals surface area (Å²) < 4.78 is 26.8. The standard InChI is InChI=1S/C15H21N5O2S/c1-19-11-13(9-18-19)15-14(16-5-6-17-15)8-12-4-3-7-20(10-12)23(2,21)22/h5-6,9,11-12H,3-4,7-8,10H2,1-2H3/t12-/m0/s1. The van der Waals surface area contributed by atoms with Crippen LogP contribution in [0.3, 0.4) is 0 Å². The Balaban J connectivity index is 1.81. The Morgan fingerprint density at radius 1 is 1.30 bits per heavy atom. The van der Waals surface area contributed by atoms with Crippen LogP contribution in [0, 0.1) is 5.92 Å². The zero-order chi connectivity index (χ0) is 16.4. The summed E-state index contributed by atoms with van der Waals surface area (Å²) >= 11 is 0. The molecule has 0 unspecified atom stereocenters. The van der Waals surface area contributed by atoms with E-state index in [-0.39, 0.29) is 5.92 Å². The lowest BCUT2D eigenvalue weighted by Gasteiger charge is -2.30. The fourth-order valence-electron chi connectivity index (χ4n) is 3.07. The zero-order valence-corrected chi connectivity index (χ0v) is 14.2. The van der Waals surface area contributed by atoms with Crippen molar-refractivity contribution in [2.24, 2.45) is 13.0 Å². The predicted octanol–water partition coefficient (Wildman–Crippen LogP) is 1.09. The predicted molar refractivity (Wildman–Crippen MR) is 87.1 cm³/mol. The lowest BCUT2D eigenvalue weighted by atomic mass is 9.93. The summed E-state index contributed by atoms with van der Waals surface area (Å²) in [7, 11) is -1.26. The fraction of sp³-hybridized carbons (Fsp3) is 0.533. The van der Waals surface area contributed by atoms with E-state index in [0.717, 1.165) is 36.2 Å². The van der Waals surface area contributed by atoms with Crippen molar-refractivity contribution in [3.63, 3.8) is 0 Å². The number of piperidine rings is 1. The van der Waals surface area contributed by atoms with Crippen molar-refractivity contribution < 1.29 is 8.42 Å². The largest absolute Gasteiger partial charge is 0.275 e. The second kappa shape index (κ2) is 6.37. The van der Waals surface area contributed by atoms with E-state index in [1.54, 1.807) is 27.6 Å². The minimum absolute atomic E-state index is 0.269. The quantitative estimate of drug-likeness (QED) is 0.835. The molecule has 0 spiro atoms. The highest BCUT2D eigenvalue weighted by Crippen LogP contribution is 2.26. The molecule has 23 heavy (non-hydrogen) atoms. The highest BCUT2D eigenvalue weighted by atomic mass is 32.2. The minimum atomic E-state index is -3.13. The average molecular weight is 335 g/mol. The molecule has 1 atom stereocenters. The van der Waals surface area contributed by atoms with E-state index in [1.165, 1.54) is 6.26 Å². The first-order chi connectivity index (χ1) is 10.9. The topological polar surface area (TPSA) is 81.0 Å². The van der Waals surface area contributed by atoms with Gasteiger partial charge in [-0.05, 0) is 25.2 Å². The SMILES string of the molecule is Cn1cc(-c2nccnc2C[C@@H]2CCCN(S(C)(=O)=O)C2)cn1. The number of aromatic nitrogens is 4. The summed E-state index contributed by atoms with van der Waals surface area (Å²) in [6.07, 6.45) is 11.0. The summed E-state index contributed by atoms with van der Waals surface area (Å²) in [5.41, 5.74) is 2.67. The van der Waals surface area contributed by atoms with Gasteiger partial charge in [-0.1, -0.05) is 0 Å². The number of hydrogen-bond donors (Lipinski definition) is 0. The van der Waals surface area contributed by atoms with E-state index in [1.807, 2.05) is 13.2 Å². The molecule has 0 N–H and O–H groups in total. The van der Waals surface area contributed by atoms with Crippen molar-refractivity contribution >= 4 is 10.0 Å². The third kappa shape index (κ3) is 3.76. The Hall–Kier alpha value is -1.80. The Kier molecular flexibility index (Phi) is 4.45. The van der Waals surface area contributed by atoms with Crippen LogP contribution < -0.4 is 0 Å². The van der Waals surface area contributed by atoms with Gasteiger partial charge in [0.05, 0.1) is 23.8 Å². The molecule has 0 saturated carbocycles. The maximum atomic E-state index is 11.8. The summed E-state index contributed by atoms with van der Waals surface area (Å²) in [4.78, 5) is 8.93. The average Bonchev–Trinajstić information content (AvgIpc) is 2.94. The molecular weight excluding hydrogens is 314 g/mol. The molecule has 2 aromatic heterocycles. The third-order valence-corrected chi connectivity index (χ3v) is 5.45. The van der Waals surface area contributed by atoms with Crippen molar-refractivity contribution in [3.8, 4) is 11.3 Å². The van der Waals surface area contributed by atoms with Crippen molar-refractivity contribution in [1.82, 2.24) is 24.1 Å². The molecule has 1 fully saturated rings.